The number of nitrogens with one attached hydrogen (secondary N) is 1. The van der Waals surface area contributed by atoms with E-state index in [4.69, 9.17) is 0 Å². The second-order valence-electron chi connectivity index (χ2n) is 7.07. The van der Waals surface area contributed by atoms with Crippen molar-refractivity contribution in [1.29, 1.82) is 0 Å². The summed E-state index contributed by atoms with van der Waals surface area (Å²) in [6.07, 6.45) is 10.0. The van der Waals surface area contributed by atoms with E-state index in [1.54, 1.807) is 0 Å². The average molecular weight is 266 g/mol. The Morgan fingerprint density at radius 2 is 1.89 bits per heavy atom. The van der Waals surface area contributed by atoms with Crippen LogP contribution in [0.2, 0.25) is 0 Å². The van der Waals surface area contributed by atoms with Crippen molar-refractivity contribution in [3.05, 3.63) is 0 Å². The third-order valence-corrected chi connectivity index (χ3v) is 5.28. The first-order valence-corrected chi connectivity index (χ1v) is 8.69. The molecule has 0 aromatic rings. The predicted molar refractivity (Wildman–Crippen MR) is 83.5 cm³/mol. The van der Waals surface area contributed by atoms with Crippen molar-refractivity contribution in [3.8, 4) is 0 Å². The maximum absolute atomic E-state index is 3.88. The summed E-state index contributed by atoms with van der Waals surface area (Å²) in [5.74, 6) is 1.72. The van der Waals surface area contributed by atoms with Crippen LogP contribution in [0.3, 0.4) is 0 Å². The largest absolute Gasteiger partial charge is 0.311 e. The lowest BCUT2D eigenvalue weighted by molar-refractivity contribution is 0.0711. The maximum Gasteiger partial charge on any atom is 0.0244 e. The van der Waals surface area contributed by atoms with Crippen LogP contribution in [-0.2, 0) is 0 Å². The highest BCUT2D eigenvalue weighted by Gasteiger charge is 2.33. The van der Waals surface area contributed by atoms with Crippen LogP contribution in [0.4, 0.5) is 0 Å². The molecule has 1 aliphatic carbocycles. The topological polar surface area (TPSA) is 15.3 Å². The lowest BCUT2D eigenvalue weighted by Gasteiger charge is -2.45. The SMILES string of the molecule is CCCCN1CC(C2CCCCC2)NCC1C(C)C. The Hall–Kier alpha value is -0.0800. The van der Waals surface area contributed by atoms with Gasteiger partial charge in [-0.2, -0.15) is 0 Å². The number of nitrogens with zero attached hydrogens (tertiary/aromatic N) is 1. The van der Waals surface area contributed by atoms with Crippen molar-refractivity contribution < 1.29 is 0 Å². The molecule has 1 N–H and O–H groups in total. The molecule has 112 valence electrons. The molecule has 2 fully saturated rings. The van der Waals surface area contributed by atoms with Gasteiger partial charge < -0.3 is 5.32 Å². The van der Waals surface area contributed by atoms with Crippen molar-refractivity contribution in [2.75, 3.05) is 19.6 Å². The molecular formula is C17H34N2. The lowest BCUT2D eigenvalue weighted by atomic mass is 9.82. The van der Waals surface area contributed by atoms with Crippen LogP contribution in [-0.4, -0.2) is 36.6 Å². The minimum Gasteiger partial charge on any atom is -0.311 e. The van der Waals surface area contributed by atoms with Crippen molar-refractivity contribution in [2.24, 2.45) is 11.8 Å². The van der Waals surface area contributed by atoms with E-state index in [9.17, 15) is 0 Å². The standard InChI is InChI=1S/C17H34N2/c1-4-5-11-19-13-16(15-9-7-6-8-10-15)18-12-17(19)14(2)3/h14-18H,4-13H2,1-3H3. The second-order valence-corrected chi connectivity index (χ2v) is 7.07. The molecule has 2 heteroatoms. The quantitative estimate of drug-likeness (QED) is 0.817. The van der Waals surface area contributed by atoms with Gasteiger partial charge in [0.05, 0.1) is 0 Å². The Morgan fingerprint density at radius 1 is 1.16 bits per heavy atom. The van der Waals surface area contributed by atoms with Gasteiger partial charge in [-0.1, -0.05) is 46.5 Å². The van der Waals surface area contributed by atoms with Crippen LogP contribution >= 0.6 is 0 Å². The average Bonchev–Trinajstić information content (AvgIpc) is 2.45. The van der Waals surface area contributed by atoms with Gasteiger partial charge >= 0.3 is 0 Å². The molecule has 1 saturated carbocycles. The minimum atomic E-state index is 0.756. The third-order valence-electron chi connectivity index (χ3n) is 5.28. The molecular weight excluding hydrogens is 232 g/mol. The third kappa shape index (κ3) is 4.19. The Labute approximate surface area is 120 Å². The predicted octanol–water partition coefficient (Wildman–Crippen LogP) is 3.67. The van der Waals surface area contributed by atoms with Gasteiger partial charge in [-0.25, -0.2) is 0 Å². The minimum absolute atomic E-state index is 0.756. The molecule has 1 aliphatic heterocycles. The first-order valence-electron chi connectivity index (χ1n) is 8.69. The van der Waals surface area contributed by atoms with Crippen molar-refractivity contribution in [2.45, 2.75) is 77.8 Å². The molecule has 0 radical (unpaired) electrons. The molecule has 0 aromatic heterocycles. The van der Waals surface area contributed by atoms with Crippen LogP contribution in [0.25, 0.3) is 0 Å². The van der Waals surface area contributed by atoms with E-state index in [0.29, 0.717) is 0 Å². The number of piperazine rings is 1. The molecule has 0 amide bonds. The Bertz CT molecular complexity index is 246. The lowest BCUT2D eigenvalue weighted by Crippen LogP contribution is -2.60. The molecule has 0 aromatic carbocycles. The molecule has 1 heterocycles. The molecule has 0 spiro atoms. The van der Waals surface area contributed by atoms with Crippen LogP contribution in [0, 0.1) is 11.8 Å². The van der Waals surface area contributed by atoms with E-state index in [0.717, 1.165) is 23.9 Å². The van der Waals surface area contributed by atoms with Crippen LogP contribution in [0.5, 0.6) is 0 Å². The van der Waals surface area contributed by atoms with Crippen molar-refractivity contribution in [1.82, 2.24) is 10.2 Å². The van der Waals surface area contributed by atoms with Crippen molar-refractivity contribution in [3.63, 3.8) is 0 Å². The highest BCUT2D eigenvalue weighted by molar-refractivity contribution is 4.91. The number of hydrogen-bond acceptors (Lipinski definition) is 2. The highest BCUT2D eigenvalue weighted by Crippen LogP contribution is 2.29. The van der Waals surface area contributed by atoms with E-state index < -0.39 is 0 Å². The Morgan fingerprint density at radius 3 is 2.53 bits per heavy atom. The number of hydrogen-bond donors (Lipinski definition) is 1. The fourth-order valence-electron chi connectivity index (χ4n) is 3.98. The van der Waals surface area contributed by atoms with Crippen LogP contribution < -0.4 is 5.32 Å². The monoisotopic (exact) mass is 266 g/mol. The smallest absolute Gasteiger partial charge is 0.0244 e. The van der Waals surface area contributed by atoms with Gasteiger partial charge in [-0.3, -0.25) is 4.90 Å². The zero-order valence-electron chi connectivity index (χ0n) is 13.3. The van der Waals surface area contributed by atoms with E-state index in [1.165, 1.54) is 64.6 Å². The van der Waals surface area contributed by atoms with E-state index in [-0.39, 0.29) is 0 Å². The zero-order chi connectivity index (χ0) is 13.7. The molecule has 1 saturated heterocycles. The fourth-order valence-corrected chi connectivity index (χ4v) is 3.98. The molecule has 2 aliphatic rings. The van der Waals surface area contributed by atoms with Crippen LogP contribution in [0.15, 0.2) is 0 Å². The van der Waals surface area contributed by atoms with E-state index >= 15 is 0 Å². The number of unbranched alkanes of at least 4 members (excludes halogenated alkanes) is 1. The molecule has 2 nitrogen and oxygen atoms in total. The van der Waals surface area contributed by atoms with Gasteiger partial charge in [-0.05, 0) is 37.6 Å². The summed E-state index contributed by atoms with van der Waals surface area (Å²) < 4.78 is 0. The van der Waals surface area contributed by atoms with E-state index in [1.807, 2.05) is 0 Å². The maximum atomic E-state index is 3.88. The molecule has 2 rings (SSSR count). The summed E-state index contributed by atoms with van der Waals surface area (Å²) in [5.41, 5.74) is 0. The summed E-state index contributed by atoms with van der Waals surface area (Å²) in [6.45, 7) is 10.9. The number of rotatable bonds is 5. The molecule has 2 unspecified atom stereocenters. The molecule has 0 bridgehead atoms. The summed E-state index contributed by atoms with van der Waals surface area (Å²) in [5, 5.41) is 3.88. The highest BCUT2D eigenvalue weighted by atomic mass is 15.2. The van der Waals surface area contributed by atoms with E-state index in [2.05, 4.69) is 31.0 Å². The summed E-state index contributed by atoms with van der Waals surface area (Å²) >= 11 is 0. The van der Waals surface area contributed by atoms with Gasteiger partial charge in [-0.15, -0.1) is 0 Å². The molecule has 2 atom stereocenters. The van der Waals surface area contributed by atoms with Gasteiger partial charge in [0.1, 0.15) is 0 Å². The Balaban J connectivity index is 1.90. The first-order chi connectivity index (χ1) is 9.22. The Kier molecular flexibility index (Phi) is 6.15. The first kappa shape index (κ1) is 15.3. The van der Waals surface area contributed by atoms with Gasteiger partial charge in [0.25, 0.3) is 0 Å². The van der Waals surface area contributed by atoms with Crippen molar-refractivity contribution >= 4 is 0 Å². The second kappa shape index (κ2) is 7.64. The summed E-state index contributed by atoms with van der Waals surface area (Å²) in [6, 6.07) is 1.53. The van der Waals surface area contributed by atoms with Crippen LogP contribution in [0.1, 0.15) is 65.7 Å². The zero-order valence-corrected chi connectivity index (χ0v) is 13.3. The van der Waals surface area contributed by atoms with Gasteiger partial charge in [0.15, 0.2) is 0 Å². The summed E-state index contributed by atoms with van der Waals surface area (Å²) in [7, 11) is 0. The fraction of sp³-hybridized carbons (Fsp3) is 1.00. The normalized spacial score (nSPS) is 30.9. The van der Waals surface area contributed by atoms with Gasteiger partial charge in [0.2, 0.25) is 0 Å². The molecule has 19 heavy (non-hydrogen) atoms. The summed E-state index contributed by atoms with van der Waals surface area (Å²) in [4.78, 5) is 2.80. The van der Waals surface area contributed by atoms with Gasteiger partial charge in [0, 0.05) is 25.2 Å².